The SMILES string of the molecule is CC(C)C[C@@H]1OC[C@H]2OC(N)=N[C@](C)(c3cc(CC(=O)c4cnc(OCF)cn4)ccc3F)[C@@H]12. The number of amidine groups is 1. The van der Waals surface area contributed by atoms with E-state index in [0.717, 1.165) is 6.42 Å². The fourth-order valence-electron chi connectivity index (χ4n) is 4.84. The molecule has 0 bridgehead atoms. The third kappa shape index (κ3) is 4.72. The zero-order valence-electron chi connectivity index (χ0n) is 19.3. The van der Waals surface area contributed by atoms with Crippen LogP contribution in [0.2, 0.25) is 0 Å². The predicted molar refractivity (Wildman–Crippen MR) is 120 cm³/mol. The van der Waals surface area contributed by atoms with Crippen molar-refractivity contribution >= 4 is 11.8 Å². The molecule has 0 radical (unpaired) electrons. The minimum absolute atomic E-state index is 0.00992. The summed E-state index contributed by atoms with van der Waals surface area (Å²) in [6, 6.07) is 4.51. The van der Waals surface area contributed by atoms with Gasteiger partial charge in [-0.15, -0.1) is 0 Å². The van der Waals surface area contributed by atoms with Gasteiger partial charge in [-0.3, -0.25) is 4.79 Å². The van der Waals surface area contributed by atoms with Gasteiger partial charge in [0, 0.05) is 12.0 Å². The van der Waals surface area contributed by atoms with Crippen LogP contribution in [0.15, 0.2) is 35.6 Å². The van der Waals surface area contributed by atoms with Crippen LogP contribution in [0.1, 0.15) is 48.8 Å². The van der Waals surface area contributed by atoms with Crippen molar-refractivity contribution in [1.29, 1.82) is 0 Å². The number of hydrogen-bond acceptors (Lipinski definition) is 8. The van der Waals surface area contributed by atoms with E-state index in [0.29, 0.717) is 23.7 Å². The zero-order valence-corrected chi connectivity index (χ0v) is 19.3. The largest absolute Gasteiger partial charge is 0.459 e. The van der Waals surface area contributed by atoms with Crippen LogP contribution in [0.3, 0.4) is 0 Å². The number of aliphatic imine (C=N–C) groups is 1. The first kappa shape index (κ1) is 24.0. The lowest BCUT2D eigenvalue weighted by molar-refractivity contribution is 0.0433. The van der Waals surface area contributed by atoms with Gasteiger partial charge in [0.2, 0.25) is 12.7 Å². The van der Waals surface area contributed by atoms with E-state index in [2.05, 4.69) is 33.5 Å². The smallest absolute Gasteiger partial charge is 0.283 e. The second-order valence-electron chi connectivity index (χ2n) is 9.19. The normalized spacial score (nSPS) is 26.1. The van der Waals surface area contributed by atoms with Gasteiger partial charge in [0.05, 0.1) is 31.0 Å². The van der Waals surface area contributed by atoms with Gasteiger partial charge < -0.3 is 19.9 Å². The predicted octanol–water partition coefficient (Wildman–Crippen LogP) is 3.34. The minimum Gasteiger partial charge on any atom is -0.459 e. The number of alkyl halides is 1. The number of halogens is 2. The monoisotopic (exact) mass is 474 g/mol. The fraction of sp³-hybridized carbons (Fsp3) is 0.500. The Morgan fingerprint density at radius 2 is 2.12 bits per heavy atom. The van der Waals surface area contributed by atoms with Gasteiger partial charge >= 0.3 is 0 Å². The molecule has 1 fully saturated rings. The molecule has 0 spiro atoms. The van der Waals surface area contributed by atoms with Gasteiger partial charge in [0.1, 0.15) is 23.2 Å². The molecule has 0 saturated carbocycles. The number of carbonyl (C=O) groups excluding carboxylic acids is 1. The van der Waals surface area contributed by atoms with E-state index in [1.54, 1.807) is 12.1 Å². The lowest BCUT2D eigenvalue weighted by Crippen LogP contribution is -2.49. The number of aromatic nitrogens is 2. The maximum absolute atomic E-state index is 15.2. The number of benzene rings is 1. The van der Waals surface area contributed by atoms with E-state index in [-0.39, 0.29) is 47.9 Å². The summed E-state index contributed by atoms with van der Waals surface area (Å²) in [6.07, 6.45) is 2.64. The summed E-state index contributed by atoms with van der Waals surface area (Å²) in [4.78, 5) is 25.1. The molecule has 3 heterocycles. The van der Waals surface area contributed by atoms with Crippen LogP contribution in [0, 0.1) is 17.7 Å². The maximum atomic E-state index is 15.2. The summed E-state index contributed by atoms with van der Waals surface area (Å²) in [5.41, 5.74) is 5.96. The van der Waals surface area contributed by atoms with E-state index < -0.39 is 18.2 Å². The summed E-state index contributed by atoms with van der Waals surface area (Å²) in [7, 11) is 0. The van der Waals surface area contributed by atoms with Crippen molar-refractivity contribution in [2.24, 2.45) is 22.6 Å². The summed E-state index contributed by atoms with van der Waals surface area (Å²) >= 11 is 0. The van der Waals surface area contributed by atoms with Gasteiger partial charge in [0.15, 0.2) is 5.78 Å². The van der Waals surface area contributed by atoms with Crippen molar-refractivity contribution in [3.63, 3.8) is 0 Å². The number of nitrogens with two attached hydrogens (primary N) is 1. The fourth-order valence-corrected chi connectivity index (χ4v) is 4.84. The van der Waals surface area contributed by atoms with Crippen LogP contribution >= 0.6 is 0 Å². The number of fused-ring (bicyclic) bond motifs is 1. The van der Waals surface area contributed by atoms with Crippen molar-refractivity contribution in [1.82, 2.24) is 9.97 Å². The molecular formula is C24H28F2N4O4. The van der Waals surface area contributed by atoms with Crippen molar-refractivity contribution in [3.8, 4) is 5.88 Å². The average Bonchev–Trinajstić information content (AvgIpc) is 3.18. The Kier molecular flexibility index (Phi) is 6.79. The van der Waals surface area contributed by atoms with Crippen molar-refractivity contribution in [2.75, 3.05) is 13.5 Å². The van der Waals surface area contributed by atoms with E-state index in [1.165, 1.54) is 18.5 Å². The molecule has 4 atom stereocenters. The second-order valence-corrected chi connectivity index (χ2v) is 9.19. The summed E-state index contributed by atoms with van der Waals surface area (Å²) in [6.45, 7) is 5.35. The van der Waals surface area contributed by atoms with Gasteiger partial charge in [0.25, 0.3) is 6.02 Å². The molecule has 1 aromatic carbocycles. The number of carbonyl (C=O) groups is 1. The second kappa shape index (κ2) is 9.61. The molecule has 2 aromatic rings. The Hall–Kier alpha value is -3.14. The number of Topliss-reactive ketones (excluding diaryl/α,β-unsaturated/α-hetero) is 1. The standard InChI is InChI=1S/C24H28F2N4O4/c1-13(2)6-19-22-20(11-32-19)34-23(27)30-24(22,3)15-7-14(4-5-16(15)26)8-18(31)17-9-29-21(10-28-17)33-12-25/h4-5,7,9-10,13,19-20,22H,6,8,11-12H2,1-3H3,(H2,27,30)/t19-,20+,22-,24+/m0/s1. The molecule has 0 aliphatic carbocycles. The molecular weight excluding hydrogens is 446 g/mol. The van der Waals surface area contributed by atoms with Crippen LogP contribution < -0.4 is 10.5 Å². The van der Waals surface area contributed by atoms with Crippen LogP contribution in [-0.4, -0.2) is 47.4 Å². The lowest BCUT2D eigenvalue weighted by Gasteiger charge is -2.41. The molecule has 0 amide bonds. The quantitative estimate of drug-likeness (QED) is 0.585. The van der Waals surface area contributed by atoms with Gasteiger partial charge in [-0.25, -0.2) is 23.7 Å². The zero-order chi connectivity index (χ0) is 24.5. The van der Waals surface area contributed by atoms with Crippen molar-refractivity contribution in [2.45, 2.75) is 51.4 Å². The average molecular weight is 475 g/mol. The highest BCUT2D eigenvalue weighted by Gasteiger charge is 2.54. The molecule has 8 nitrogen and oxygen atoms in total. The number of hydrogen-bond donors (Lipinski definition) is 1. The number of ether oxygens (including phenoxy) is 3. The minimum atomic E-state index is -1.04. The highest BCUT2D eigenvalue weighted by atomic mass is 19.1. The Morgan fingerprint density at radius 3 is 2.79 bits per heavy atom. The molecule has 34 heavy (non-hydrogen) atoms. The van der Waals surface area contributed by atoms with Crippen molar-refractivity contribution < 1.29 is 27.8 Å². The van der Waals surface area contributed by atoms with E-state index in [9.17, 15) is 9.18 Å². The highest BCUT2D eigenvalue weighted by Crippen LogP contribution is 2.47. The number of rotatable bonds is 8. The van der Waals surface area contributed by atoms with Gasteiger partial charge in [-0.1, -0.05) is 19.9 Å². The van der Waals surface area contributed by atoms with Gasteiger partial charge in [-0.05, 0) is 37.0 Å². The third-order valence-corrected chi connectivity index (χ3v) is 6.30. The van der Waals surface area contributed by atoms with Crippen LogP contribution in [0.4, 0.5) is 8.78 Å². The van der Waals surface area contributed by atoms with Crippen LogP contribution in [0.25, 0.3) is 0 Å². The first-order chi connectivity index (χ1) is 16.2. The maximum Gasteiger partial charge on any atom is 0.283 e. The number of ketones is 1. The molecule has 2 aliphatic heterocycles. The van der Waals surface area contributed by atoms with E-state index in [4.69, 9.17) is 15.2 Å². The molecule has 10 heteroatoms. The topological polar surface area (TPSA) is 109 Å². The Labute approximate surface area is 196 Å². The van der Waals surface area contributed by atoms with Crippen LogP contribution in [0.5, 0.6) is 5.88 Å². The molecule has 4 rings (SSSR count). The first-order valence-electron chi connectivity index (χ1n) is 11.2. The first-order valence-corrected chi connectivity index (χ1v) is 11.2. The van der Waals surface area contributed by atoms with Crippen molar-refractivity contribution in [3.05, 3.63) is 53.2 Å². The Balaban J connectivity index is 1.63. The lowest BCUT2D eigenvalue weighted by atomic mass is 9.72. The molecule has 2 N–H and O–H groups in total. The summed E-state index contributed by atoms with van der Waals surface area (Å²) < 4.78 is 43.8. The highest BCUT2D eigenvalue weighted by molar-refractivity contribution is 5.95. The van der Waals surface area contributed by atoms with E-state index in [1.807, 2.05) is 6.92 Å². The molecule has 2 aliphatic rings. The molecule has 182 valence electrons. The Bertz CT molecular complexity index is 1080. The van der Waals surface area contributed by atoms with Gasteiger partial charge in [-0.2, -0.15) is 0 Å². The van der Waals surface area contributed by atoms with E-state index >= 15 is 4.39 Å². The van der Waals surface area contributed by atoms with Crippen LogP contribution in [-0.2, 0) is 21.4 Å². The number of nitrogens with zero attached hydrogens (tertiary/aromatic N) is 3. The third-order valence-electron chi connectivity index (χ3n) is 6.30. The summed E-state index contributed by atoms with van der Waals surface area (Å²) in [5, 5.41) is 0. The Morgan fingerprint density at radius 1 is 1.32 bits per heavy atom. The summed E-state index contributed by atoms with van der Waals surface area (Å²) in [5.74, 6) is -0.657. The molecule has 0 unspecified atom stereocenters. The molecule has 1 saturated heterocycles. The molecule has 1 aromatic heterocycles.